The molecule has 0 unspecified atom stereocenters. The van der Waals surface area contributed by atoms with Gasteiger partial charge in [0.1, 0.15) is 0 Å². The summed E-state index contributed by atoms with van der Waals surface area (Å²) < 4.78 is 32.9. The van der Waals surface area contributed by atoms with Crippen molar-refractivity contribution >= 4 is 10.2 Å². The van der Waals surface area contributed by atoms with Gasteiger partial charge in [-0.05, 0) is 30.6 Å². The molecule has 0 saturated heterocycles. The van der Waals surface area contributed by atoms with Crippen molar-refractivity contribution in [1.82, 2.24) is 0 Å². The molecule has 76 valence electrons. The van der Waals surface area contributed by atoms with E-state index in [4.69, 9.17) is 0 Å². The Bertz CT molecular complexity index is 276. The lowest BCUT2D eigenvalue weighted by molar-refractivity contribution is 0.0842. The number of hydrogen-bond donors (Lipinski definition) is 0. The molecule has 0 aromatic heterocycles. The van der Waals surface area contributed by atoms with Gasteiger partial charge >= 0.3 is 10.2 Å². The summed E-state index contributed by atoms with van der Waals surface area (Å²) in [5.74, 6) is 1.41. The van der Waals surface area contributed by atoms with Crippen LogP contribution in [0.2, 0.25) is 0 Å². The van der Waals surface area contributed by atoms with E-state index < -0.39 is 10.2 Å². The summed E-state index contributed by atoms with van der Waals surface area (Å²) in [6.45, 7) is 0. The van der Waals surface area contributed by atoms with Crippen LogP contribution in [0.15, 0.2) is 0 Å². The molecule has 2 nitrogen and oxygen atoms in total. The summed E-state index contributed by atoms with van der Waals surface area (Å²) in [5, 5.41) is 0. The van der Waals surface area contributed by atoms with E-state index >= 15 is 0 Å². The molecule has 13 heavy (non-hydrogen) atoms. The average molecular weight is 206 g/mol. The van der Waals surface area contributed by atoms with Crippen molar-refractivity contribution in [2.75, 3.05) is 5.75 Å². The molecule has 4 heteroatoms. The summed E-state index contributed by atoms with van der Waals surface area (Å²) in [6, 6.07) is 0. The lowest BCUT2D eigenvalue weighted by Crippen LogP contribution is -2.36. The quantitative estimate of drug-likeness (QED) is 0.663. The third-order valence-electron chi connectivity index (χ3n) is 3.52. The smallest absolute Gasteiger partial charge is 0.195 e. The van der Waals surface area contributed by atoms with Crippen LogP contribution in [0.1, 0.15) is 32.1 Å². The number of hydrogen-bond acceptors (Lipinski definition) is 2. The Morgan fingerprint density at radius 3 is 2.15 bits per heavy atom. The van der Waals surface area contributed by atoms with Crippen molar-refractivity contribution in [3.8, 4) is 0 Å². The van der Waals surface area contributed by atoms with Gasteiger partial charge in [-0.1, -0.05) is 19.3 Å². The normalized spacial score (nSPS) is 35.2. The van der Waals surface area contributed by atoms with Crippen molar-refractivity contribution in [3.05, 3.63) is 0 Å². The maximum absolute atomic E-state index is 12.3. The van der Waals surface area contributed by atoms with Gasteiger partial charge in [0.05, 0.1) is 5.75 Å². The SMILES string of the molecule is O=S(=O)(F)CC1CC(C2CCC2)C1. The summed E-state index contributed by atoms with van der Waals surface area (Å²) >= 11 is 0. The third-order valence-corrected chi connectivity index (χ3v) is 4.39. The molecule has 2 saturated carbocycles. The molecule has 2 fully saturated rings. The van der Waals surface area contributed by atoms with Crippen molar-refractivity contribution in [2.45, 2.75) is 32.1 Å². The van der Waals surface area contributed by atoms with Gasteiger partial charge in [0.15, 0.2) is 0 Å². The van der Waals surface area contributed by atoms with Crippen molar-refractivity contribution < 1.29 is 12.3 Å². The second-order valence-electron chi connectivity index (χ2n) is 4.49. The highest BCUT2D eigenvalue weighted by molar-refractivity contribution is 7.86. The molecular weight excluding hydrogens is 191 g/mol. The highest BCUT2D eigenvalue weighted by Crippen LogP contribution is 2.47. The first-order chi connectivity index (χ1) is 6.04. The van der Waals surface area contributed by atoms with E-state index in [0.29, 0.717) is 5.92 Å². The first-order valence-corrected chi connectivity index (χ1v) is 6.52. The Morgan fingerprint density at radius 2 is 1.77 bits per heavy atom. The zero-order valence-corrected chi connectivity index (χ0v) is 8.39. The van der Waals surface area contributed by atoms with Gasteiger partial charge in [0.25, 0.3) is 0 Å². The zero-order valence-electron chi connectivity index (χ0n) is 7.58. The predicted molar refractivity (Wildman–Crippen MR) is 48.4 cm³/mol. The minimum absolute atomic E-state index is 0.112. The molecule has 0 atom stereocenters. The summed E-state index contributed by atoms with van der Waals surface area (Å²) in [5.41, 5.74) is 0. The second-order valence-corrected chi connectivity index (χ2v) is 5.91. The van der Waals surface area contributed by atoms with E-state index in [1.54, 1.807) is 0 Å². The topological polar surface area (TPSA) is 34.1 Å². The summed E-state index contributed by atoms with van der Waals surface area (Å²) in [7, 11) is -4.22. The molecule has 0 aromatic rings. The maximum Gasteiger partial charge on any atom is 0.302 e. The van der Waals surface area contributed by atoms with Crippen LogP contribution in [0.5, 0.6) is 0 Å². The highest BCUT2D eigenvalue weighted by Gasteiger charge is 2.39. The number of halogens is 1. The predicted octanol–water partition coefficient (Wildman–Crippen LogP) is 2.11. The number of rotatable bonds is 3. The molecule has 2 aliphatic rings. The van der Waals surface area contributed by atoms with Gasteiger partial charge in [0, 0.05) is 0 Å². The van der Waals surface area contributed by atoms with Crippen molar-refractivity contribution in [2.24, 2.45) is 17.8 Å². The average Bonchev–Trinajstić information content (AvgIpc) is 1.75. The molecule has 0 aromatic carbocycles. The zero-order chi connectivity index (χ0) is 9.47. The molecule has 0 heterocycles. The van der Waals surface area contributed by atoms with E-state index in [1.165, 1.54) is 19.3 Å². The molecule has 0 aliphatic heterocycles. The maximum atomic E-state index is 12.3. The molecule has 0 bridgehead atoms. The molecule has 0 radical (unpaired) electrons. The largest absolute Gasteiger partial charge is 0.302 e. The Morgan fingerprint density at radius 1 is 1.15 bits per heavy atom. The van der Waals surface area contributed by atoms with E-state index in [0.717, 1.165) is 18.8 Å². The molecule has 0 amide bonds. The first kappa shape index (κ1) is 9.44. The van der Waals surface area contributed by atoms with Gasteiger partial charge in [-0.2, -0.15) is 8.42 Å². The monoisotopic (exact) mass is 206 g/mol. The summed E-state index contributed by atoms with van der Waals surface area (Å²) in [4.78, 5) is 0. The van der Waals surface area contributed by atoms with Crippen LogP contribution in [0.25, 0.3) is 0 Å². The van der Waals surface area contributed by atoms with Crippen LogP contribution < -0.4 is 0 Å². The Labute approximate surface area is 78.7 Å². The minimum Gasteiger partial charge on any atom is -0.195 e. The standard InChI is InChI=1S/C9H15FO2S/c10-13(11,12)6-7-4-9(5-7)8-2-1-3-8/h7-9H,1-6H2. The molecule has 0 N–H and O–H groups in total. The van der Waals surface area contributed by atoms with E-state index in [1.807, 2.05) is 0 Å². The fraction of sp³-hybridized carbons (Fsp3) is 1.00. The van der Waals surface area contributed by atoms with Crippen LogP contribution in [-0.2, 0) is 10.2 Å². The van der Waals surface area contributed by atoms with E-state index in [9.17, 15) is 12.3 Å². The molecular formula is C9H15FO2S. The lowest BCUT2D eigenvalue weighted by atomic mass is 9.63. The third kappa shape index (κ3) is 2.22. The Balaban J connectivity index is 1.72. The molecule has 0 spiro atoms. The van der Waals surface area contributed by atoms with Crippen LogP contribution in [0.4, 0.5) is 3.89 Å². The molecule has 2 rings (SSSR count). The van der Waals surface area contributed by atoms with Gasteiger partial charge in [-0.15, -0.1) is 3.89 Å². The van der Waals surface area contributed by atoms with Crippen LogP contribution >= 0.6 is 0 Å². The van der Waals surface area contributed by atoms with Crippen LogP contribution in [-0.4, -0.2) is 14.2 Å². The Hall–Kier alpha value is -0.120. The van der Waals surface area contributed by atoms with Gasteiger partial charge in [-0.25, -0.2) is 0 Å². The second kappa shape index (κ2) is 3.23. The van der Waals surface area contributed by atoms with Crippen molar-refractivity contribution in [1.29, 1.82) is 0 Å². The van der Waals surface area contributed by atoms with Gasteiger partial charge < -0.3 is 0 Å². The van der Waals surface area contributed by atoms with E-state index in [-0.39, 0.29) is 11.7 Å². The lowest BCUT2D eigenvalue weighted by Gasteiger charge is -2.43. The molecule has 2 aliphatic carbocycles. The van der Waals surface area contributed by atoms with Crippen LogP contribution in [0, 0.1) is 17.8 Å². The fourth-order valence-electron chi connectivity index (χ4n) is 2.50. The van der Waals surface area contributed by atoms with Crippen LogP contribution in [0.3, 0.4) is 0 Å². The van der Waals surface area contributed by atoms with Gasteiger partial charge in [-0.3, -0.25) is 0 Å². The Kier molecular flexibility index (Phi) is 2.34. The van der Waals surface area contributed by atoms with Gasteiger partial charge in [0.2, 0.25) is 0 Å². The van der Waals surface area contributed by atoms with Crippen molar-refractivity contribution in [3.63, 3.8) is 0 Å². The van der Waals surface area contributed by atoms with E-state index in [2.05, 4.69) is 0 Å². The fourth-order valence-corrected chi connectivity index (χ4v) is 3.34. The highest BCUT2D eigenvalue weighted by atomic mass is 32.3. The first-order valence-electron chi connectivity index (χ1n) is 4.97. The minimum atomic E-state index is -4.22. The summed E-state index contributed by atoms with van der Waals surface area (Å²) in [6.07, 6.45) is 5.81.